The van der Waals surface area contributed by atoms with Gasteiger partial charge in [0, 0.05) is 23.5 Å². The summed E-state index contributed by atoms with van der Waals surface area (Å²) in [6.45, 7) is 0.355. The molecule has 0 amide bonds. The number of rotatable bonds is 3. The number of H-pyrrole nitrogens is 2. The van der Waals surface area contributed by atoms with Crippen LogP contribution in [-0.4, -0.2) is 34.5 Å². The Morgan fingerprint density at radius 1 is 1.11 bits per heavy atom. The lowest BCUT2D eigenvalue weighted by Crippen LogP contribution is -2.13. The molecule has 3 N–H and O–H groups in total. The number of pyridine rings is 1. The number of aromatic amines is 2. The molecule has 5 rings (SSSR count). The maximum atomic E-state index is 8.13. The van der Waals surface area contributed by atoms with Crippen molar-refractivity contribution < 1.29 is 0 Å². The second kappa shape index (κ2) is 6.43. The molecule has 4 aromatic heterocycles. The molecule has 1 aromatic carbocycles. The third kappa shape index (κ3) is 2.74. The lowest BCUT2D eigenvalue weighted by Gasteiger charge is -2.09. The van der Waals surface area contributed by atoms with Crippen LogP contribution in [0.1, 0.15) is 5.56 Å². The van der Waals surface area contributed by atoms with Gasteiger partial charge in [0.2, 0.25) is 0 Å². The molecule has 0 aliphatic rings. The molecule has 138 valence electrons. The Balaban J connectivity index is 1.65. The SMILES string of the molecule is N=c1ncn(Cc2c(Cl)cncc2Cl)c2nc(-c3ccc4nc[nH]c4c3)[nH]c12. The van der Waals surface area contributed by atoms with Crippen molar-refractivity contribution in [3.63, 3.8) is 0 Å². The third-order valence-corrected chi connectivity index (χ3v) is 5.15. The van der Waals surface area contributed by atoms with E-state index in [0.717, 1.165) is 16.6 Å². The predicted octanol–water partition coefficient (Wildman–Crippen LogP) is 3.53. The fourth-order valence-electron chi connectivity index (χ4n) is 3.08. The summed E-state index contributed by atoms with van der Waals surface area (Å²) in [7, 11) is 0. The number of hydrogen-bond acceptors (Lipinski definition) is 5. The Kier molecular flexibility index (Phi) is 3.88. The average Bonchev–Trinajstić information content (AvgIpc) is 3.33. The van der Waals surface area contributed by atoms with Crippen molar-refractivity contribution in [3.05, 3.63) is 64.3 Å². The number of nitrogens with one attached hydrogen (secondary N) is 3. The van der Waals surface area contributed by atoms with Crippen molar-refractivity contribution in [2.45, 2.75) is 6.54 Å². The minimum Gasteiger partial charge on any atom is -0.345 e. The Morgan fingerprint density at radius 2 is 1.93 bits per heavy atom. The second-order valence-electron chi connectivity index (χ2n) is 6.22. The summed E-state index contributed by atoms with van der Waals surface area (Å²) in [4.78, 5) is 23.3. The van der Waals surface area contributed by atoms with Gasteiger partial charge in [0.05, 0.1) is 40.3 Å². The zero-order chi connectivity index (χ0) is 19.3. The molecule has 0 atom stereocenters. The van der Waals surface area contributed by atoms with E-state index in [1.54, 1.807) is 29.6 Å². The molecule has 0 unspecified atom stereocenters. The summed E-state index contributed by atoms with van der Waals surface area (Å²) in [5.41, 5.74) is 4.60. The van der Waals surface area contributed by atoms with Crippen LogP contribution in [-0.2, 0) is 6.54 Å². The Bertz CT molecular complexity index is 1380. The van der Waals surface area contributed by atoms with E-state index in [1.165, 1.54) is 0 Å². The number of halogens is 2. The molecule has 5 aromatic rings. The Labute approximate surface area is 167 Å². The van der Waals surface area contributed by atoms with Crippen LogP contribution in [0.3, 0.4) is 0 Å². The van der Waals surface area contributed by atoms with Gasteiger partial charge in [-0.3, -0.25) is 10.4 Å². The van der Waals surface area contributed by atoms with Crippen molar-refractivity contribution in [1.82, 2.24) is 34.5 Å². The number of imidazole rings is 2. The molecule has 0 spiro atoms. The molecule has 10 heteroatoms. The van der Waals surface area contributed by atoms with Crippen molar-refractivity contribution in [3.8, 4) is 11.4 Å². The summed E-state index contributed by atoms with van der Waals surface area (Å²) in [5.74, 6) is 0.633. The van der Waals surface area contributed by atoms with Crippen LogP contribution in [0.5, 0.6) is 0 Å². The van der Waals surface area contributed by atoms with Gasteiger partial charge in [0.15, 0.2) is 11.1 Å². The molecule has 28 heavy (non-hydrogen) atoms. The Hall–Kier alpha value is -3.23. The van der Waals surface area contributed by atoms with E-state index >= 15 is 0 Å². The maximum absolute atomic E-state index is 8.13. The van der Waals surface area contributed by atoms with Gasteiger partial charge in [-0.15, -0.1) is 0 Å². The van der Waals surface area contributed by atoms with E-state index in [-0.39, 0.29) is 5.49 Å². The molecule has 0 radical (unpaired) electrons. The first-order valence-corrected chi connectivity index (χ1v) is 9.07. The number of hydrogen-bond donors (Lipinski definition) is 3. The van der Waals surface area contributed by atoms with Gasteiger partial charge in [-0.05, 0) is 18.2 Å². The topological polar surface area (TPSA) is 112 Å². The summed E-state index contributed by atoms with van der Waals surface area (Å²) in [6, 6.07) is 5.80. The molecule has 0 aliphatic heterocycles. The third-order valence-electron chi connectivity index (χ3n) is 4.49. The van der Waals surface area contributed by atoms with Crippen LogP contribution < -0.4 is 5.49 Å². The molecular formula is C18H12Cl2N8. The van der Waals surface area contributed by atoms with Crippen molar-refractivity contribution in [2.75, 3.05) is 0 Å². The highest BCUT2D eigenvalue weighted by Gasteiger charge is 2.14. The number of benzene rings is 1. The first kappa shape index (κ1) is 16.9. The molecule has 0 saturated heterocycles. The second-order valence-corrected chi connectivity index (χ2v) is 7.04. The van der Waals surface area contributed by atoms with Gasteiger partial charge in [-0.2, -0.15) is 0 Å². The predicted molar refractivity (Wildman–Crippen MR) is 106 cm³/mol. The van der Waals surface area contributed by atoms with E-state index < -0.39 is 0 Å². The van der Waals surface area contributed by atoms with Crippen LogP contribution in [0.2, 0.25) is 10.0 Å². The number of aromatic nitrogens is 7. The summed E-state index contributed by atoms with van der Waals surface area (Å²) in [5, 5.41) is 9.06. The minimum atomic E-state index is 0.111. The van der Waals surface area contributed by atoms with E-state index in [2.05, 4.69) is 24.9 Å². The lowest BCUT2D eigenvalue weighted by molar-refractivity contribution is 0.783. The van der Waals surface area contributed by atoms with E-state index in [1.807, 2.05) is 18.2 Å². The highest BCUT2D eigenvalue weighted by molar-refractivity contribution is 6.35. The molecule has 0 bridgehead atoms. The van der Waals surface area contributed by atoms with Gasteiger partial charge >= 0.3 is 0 Å². The van der Waals surface area contributed by atoms with Gasteiger partial charge in [0.1, 0.15) is 11.3 Å². The monoisotopic (exact) mass is 410 g/mol. The zero-order valence-corrected chi connectivity index (χ0v) is 15.8. The van der Waals surface area contributed by atoms with Crippen molar-refractivity contribution in [2.24, 2.45) is 0 Å². The highest BCUT2D eigenvalue weighted by Crippen LogP contribution is 2.26. The smallest absolute Gasteiger partial charge is 0.173 e. The molecule has 0 saturated carbocycles. The lowest BCUT2D eigenvalue weighted by atomic mass is 10.2. The molecule has 8 nitrogen and oxygen atoms in total. The van der Waals surface area contributed by atoms with Crippen LogP contribution in [0.25, 0.3) is 33.6 Å². The maximum Gasteiger partial charge on any atom is 0.173 e. The van der Waals surface area contributed by atoms with Gasteiger partial charge in [0.25, 0.3) is 0 Å². The van der Waals surface area contributed by atoms with Gasteiger partial charge < -0.3 is 14.5 Å². The van der Waals surface area contributed by atoms with Gasteiger partial charge in [-0.25, -0.2) is 15.0 Å². The highest BCUT2D eigenvalue weighted by atomic mass is 35.5. The van der Waals surface area contributed by atoms with Crippen molar-refractivity contribution in [1.29, 1.82) is 5.41 Å². The molecule has 0 aliphatic carbocycles. The molecular weight excluding hydrogens is 399 g/mol. The van der Waals surface area contributed by atoms with Crippen LogP contribution in [0.15, 0.2) is 43.2 Å². The van der Waals surface area contributed by atoms with Gasteiger partial charge in [-0.1, -0.05) is 23.2 Å². The average molecular weight is 411 g/mol. The molecule has 0 fully saturated rings. The largest absolute Gasteiger partial charge is 0.345 e. The van der Waals surface area contributed by atoms with Crippen LogP contribution in [0, 0.1) is 5.41 Å². The Morgan fingerprint density at radius 3 is 2.75 bits per heavy atom. The zero-order valence-electron chi connectivity index (χ0n) is 14.2. The summed E-state index contributed by atoms with van der Waals surface area (Å²) < 4.78 is 1.80. The van der Waals surface area contributed by atoms with Crippen LogP contribution in [0.4, 0.5) is 0 Å². The number of fused-ring (bicyclic) bond motifs is 2. The minimum absolute atomic E-state index is 0.111. The summed E-state index contributed by atoms with van der Waals surface area (Å²) in [6.07, 6.45) is 6.29. The summed E-state index contributed by atoms with van der Waals surface area (Å²) >= 11 is 12.5. The quantitative estimate of drug-likeness (QED) is 0.422. The van der Waals surface area contributed by atoms with E-state index in [4.69, 9.17) is 33.6 Å². The van der Waals surface area contributed by atoms with Crippen LogP contribution >= 0.6 is 23.2 Å². The number of nitrogens with zero attached hydrogens (tertiary/aromatic N) is 5. The van der Waals surface area contributed by atoms with E-state index in [9.17, 15) is 0 Å². The fraction of sp³-hybridized carbons (Fsp3) is 0.0556. The van der Waals surface area contributed by atoms with Crippen molar-refractivity contribution >= 4 is 45.4 Å². The fourth-order valence-corrected chi connectivity index (χ4v) is 3.56. The normalized spacial score (nSPS) is 11.5. The first-order valence-electron chi connectivity index (χ1n) is 8.31. The van der Waals surface area contributed by atoms with E-state index in [0.29, 0.717) is 39.1 Å². The first-order chi connectivity index (χ1) is 13.6. The molecule has 4 heterocycles. The standard InChI is InChI=1S/C18H12Cl2N8/c19-11-4-22-5-12(20)10(11)6-28-8-25-16(21)15-18(28)27-17(26-15)9-1-2-13-14(3-9)24-7-23-13/h1-5,7-8,21H,6H2,(H,23,24)(H,26,27).